The van der Waals surface area contributed by atoms with Gasteiger partial charge in [-0.3, -0.25) is 5.41 Å². The third-order valence-electron chi connectivity index (χ3n) is 3.47. The Morgan fingerprint density at radius 1 is 1.38 bits per heavy atom. The van der Waals surface area contributed by atoms with Crippen LogP contribution >= 0.6 is 0 Å². The van der Waals surface area contributed by atoms with Crippen LogP contribution in [0.4, 0.5) is 24.7 Å². The van der Waals surface area contributed by atoms with Gasteiger partial charge in [0, 0.05) is 19.1 Å². The molecule has 1 saturated heterocycles. The predicted octanol–water partition coefficient (Wildman–Crippen LogP) is 0.729. The third kappa shape index (κ3) is 4.25. The molecule has 0 amide bonds. The second-order valence-electron chi connectivity index (χ2n) is 5.26. The molecule has 1 aliphatic rings. The normalized spacial score (nSPS) is 15.9. The summed E-state index contributed by atoms with van der Waals surface area (Å²) >= 11 is 0. The van der Waals surface area contributed by atoms with Crippen molar-refractivity contribution >= 4 is 23.4 Å². The Hall–Kier alpha value is -2.56. The van der Waals surface area contributed by atoms with Gasteiger partial charge in [-0.05, 0) is 25.0 Å². The van der Waals surface area contributed by atoms with Crippen LogP contribution in [0.2, 0.25) is 0 Å². The highest BCUT2D eigenvalue weighted by Gasteiger charge is 2.43. The number of hydrogen-bond acceptors (Lipinski definition) is 6. The molecule has 1 aromatic rings. The van der Waals surface area contributed by atoms with E-state index in [2.05, 4.69) is 9.82 Å². The molecule has 0 spiro atoms. The molecule has 5 N–H and O–H groups in total. The number of carbonyl (C=O) groups excluding carboxylic acids is 1. The summed E-state index contributed by atoms with van der Waals surface area (Å²) in [4.78, 5) is 20.9. The van der Waals surface area contributed by atoms with Crippen LogP contribution in [0.3, 0.4) is 0 Å². The zero-order valence-electron chi connectivity index (χ0n) is 12.6. The van der Waals surface area contributed by atoms with E-state index in [1.54, 1.807) is 6.07 Å². The second kappa shape index (κ2) is 6.91. The highest BCUT2D eigenvalue weighted by molar-refractivity contribution is 5.92. The van der Waals surface area contributed by atoms with E-state index in [1.165, 1.54) is 12.3 Å². The van der Waals surface area contributed by atoms with Crippen LogP contribution in [0.15, 0.2) is 18.3 Å². The number of aromatic nitrogens is 1. The molecule has 0 bridgehead atoms. The molecule has 0 saturated carbocycles. The van der Waals surface area contributed by atoms with Gasteiger partial charge in [-0.1, -0.05) is 0 Å². The fraction of sp³-hybridized carbons (Fsp3) is 0.462. The van der Waals surface area contributed by atoms with Gasteiger partial charge in [-0.15, -0.1) is 5.06 Å². The maximum absolute atomic E-state index is 12.3. The molecule has 0 aliphatic carbocycles. The number of rotatable bonds is 2. The smallest absolute Gasteiger partial charge is 0.370 e. The predicted molar refractivity (Wildman–Crippen MR) is 80.2 cm³/mol. The van der Waals surface area contributed by atoms with Crippen molar-refractivity contribution in [3.63, 3.8) is 0 Å². The first-order chi connectivity index (χ1) is 11.2. The zero-order chi connectivity index (χ0) is 17.9. The van der Waals surface area contributed by atoms with Crippen LogP contribution in [0.5, 0.6) is 0 Å². The first kappa shape index (κ1) is 17.8. The number of anilines is 2. The van der Waals surface area contributed by atoms with Crippen LogP contribution in [0, 0.1) is 5.41 Å². The van der Waals surface area contributed by atoms with E-state index < -0.39 is 18.1 Å². The molecule has 11 heteroatoms. The minimum Gasteiger partial charge on any atom is -0.370 e. The molecule has 132 valence electrons. The Balaban J connectivity index is 2.11. The van der Waals surface area contributed by atoms with Crippen molar-refractivity contribution in [3.8, 4) is 0 Å². The van der Waals surface area contributed by atoms with Crippen LogP contribution in [-0.4, -0.2) is 42.2 Å². The summed E-state index contributed by atoms with van der Waals surface area (Å²) in [5, 5.41) is 7.47. The van der Waals surface area contributed by atoms with Gasteiger partial charge in [0.15, 0.2) is 5.82 Å². The van der Waals surface area contributed by atoms with E-state index in [1.807, 2.05) is 4.90 Å². The van der Waals surface area contributed by atoms with E-state index in [9.17, 15) is 18.0 Å². The monoisotopic (exact) mass is 346 g/mol. The van der Waals surface area contributed by atoms with E-state index in [4.69, 9.17) is 16.9 Å². The van der Waals surface area contributed by atoms with Crippen LogP contribution < -0.4 is 21.4 Å². The van der Waals surface area contributed by atoms with Gasteiger partial charge in [-0.2, -0.15) is 13.2 Å². The number of nitrogens with zero attached hydrogens (tertiary/aromatic N) is 3. The van der Waals surface area contributed by atoms with Gasteiger partial charge in [0.1, 0.15) is 0 Å². The summed E-state index contributed by atoms with van der Waals surface area (Å²) in [6, 6.07) is 3.06. The average molecular weight is 346 g/mol. The number of hydroxylamine groups is 1. The molecule has 1 aliphatic heterocycles. The number of hydrogen-bond donors (Lipinski definition) is 3. The summed E-state index contributed by atoms with van der Waals surface area (Å²) in [6.45, 7) is 1.48. The van der Waals surface area contributed by atoms with E-state index in [-0.39, 0.29) is 16.9 Å². The minimum atomic E-state index is -5.21. The molecule has 2 rings (SSSR count). The maximum atomic E-state index is 12.3. The van der Waals surface area contributed by atoms with Crippen molar-refractivity contribution in [2.75, 3.05) is 23.1 Å². The van der Waals surface area contributed by atoms with Crippen LogP contribution in [0.25, 0.3) is 0 Å². The number of pyridine rings is 1. The Kier molecular flexibility index (Phi) is 5.12. The molecule has 1 aromatic heterocycles. The van der Waals surface area contributed by atoms with Crippen molar-refractivity contribution in [1.82, 2.24) is 4.98 Å². The van der Waals surface area contributed by atoms with Crippen molar-refractivity contribution in [2.45, 2.75) is 25.1 Å². The highest BCUT2D eigenvalue weighted by Crippen LogP contribution is 2.23. The number of carbonyl (C=O) groups is 1. The number of halogens is 3. The van der Waals surface area contributed by atoms with Crippen LogP contribution in [-0.2, 0) is 9.63 Å². The molecule has 24 heavy (non-hydrogen) atoms. The topological polar surface area (TPSA) is 122 Å². The van der Waals surface area contributed by atoms with Crippen LogP contribution in [0.1, 0.15) is 12.8 Å². The SMILES string of the molecule is N=C(N)N(OC(=O)C(F)(F)F)c1ccc(N2CCC(N)CC2)cn1. The molecular weight excluding hydrogens is 329 g/mol. The van der Waals surface area contributed by atoms with Crippen molar-refractivity contribution in [3.05, 3.63) is 18.3 Å². The summed E-state index contributed by atoms with van der Waals surface area (Å²) in [5.74, 6) is -3.61. The van der Waals surface area contributed by atoms with Crippen molar-refractivity contribution < 1.29 is 22.8 Å². The third-order valence-corrected chi connectivity index (χ3v) is 3.47. The number of piperidine rings is 1. The molecule has 2 heterocycles. The standard InChI is InChI=1S/C13H17F3N6O2/c14-13(15,16)11(23)24-22(12(18)19)10-2-1-9(7-20-10)21-5-3-8(17)4-6-21/h1-2,7-8H,3-6,17H2,(H3,18,19). The van der Waals surface area contributed by atoms with Gasteiger partial charge in [0.05, 0.1) is 11.9 Å². The van der Waals surface area contributed by atoms with Gasteiger partial charge >= 0.3 is 12.1 Å². The van der Waals surface area contributed by atoms with Gasteiger partial charge in [0.2, 0.25) is 5.96 Å². The summed E-state index contributed by atoms with van der Waals surface area (Å²) in [6.07, 6.45) is -2.15. The summed E-state index contributed by atoms with van der Waals surface area (Å²) in [7, 11) is 0. The molecule has 0 atom stereocenters. The van der Waals surface area contributed by atoms with E-state index in [0.29, 0.717) is 0 Å². The number of guanidine groups is 1. The lowest BCUT2D eigenvalue weighted by molar-refractivity contribution is -0.199. The van der Waals surface area contributed by atoms with Gasteiger partial charge in [0.25, 0.3) is 0 Å². The fourth-order valence-corrected chi connectivity index (χ4v) is 2.20. The van der Waals surface area contributed by atoms with E-state index in [0.717, 1.165) is 31.6 Å². The molecule has 1 fully saturated rings. The van der Waals surface area contributed by atoms with Gasteiger partial charge < -0.3 is 21.2 Å². The number of nitrogens with one attached hydrogen (secondary N) is 1. The molecule has 0 unspecified atom stereocenters. The lowest BCUT2D eigenvalue weighted by atomic mass is 10.1. The Labute approximate surface area is 135 Å². The summed E-state index contributed by atoms with van der Waals surface area (Å²) in [5.41, 5.74) is 11.7. The minimum absolute atomic E-state index is 0.156. The number of nitrogens with two attached hydrogens (primary N) is 2. The Morgan fingerprint density at radius 2 is 2.00 bits per heavy atom. The summed E-state index contributed by atoms with van der Waals surface area (Å²) < 4.78 is 36.8. The maximum Gasteiger partial charge on any atom is 0.493 e. The lowest BCUT2D eigenvalue weighted by Crippen LogP contribution is -2.42. The highest BCUT2D eigenvalue weighted by atomic mass is 19.4. The molecule has 0 aromatic carbocycles. The Bertz CT molecular complexity index is 599. The van der Waals surface area contributed by atoms with Crippen molar-refractivity contribution in [2.24, 2.45) is 11.5 Å². The molecule has 0 radical (unpaired) electrons. The van der Waals surface area contributed by atoms with E-state index >= 15 is 0 Å². The van der Waals surface area contributed by atoms with Gasteiger partial charge in [-0.25, -0.2) is 9.78 Å². The quantitative estimate of drug-likeness (QED) is 0.410. The van der Waals surface area contributed by atoms with Crippen molar-refractivity contribution in [1.29, 1.82) is 5.41 Å². The zero-order valence-corrected chi connectivity index (χ0v) is 12.6. The fourth-order valence-electron chi connectivity index (χ4n) is 2.20. The first-order valence-electron chi connectivity index (χ1n) is 7.08. The average Bonchev–Trinajstić information content (AvgIpc) is 2.52. The molecule has 8 nitrogen and oxygen atoms in total. The molecular formula is C13H17F3N6O2. The largest absolute Gasteiger partial charge is 0.493 e. The number of alkyl halides is 3. The lowest BCUT2D eigenvalue weighted by Gasteiger charge is -2.32. The Morgan fingerprint density at radius 3 is 2.46 bits per heavy atom. The first-order valence-corrected chi connectivity index (χ1v) is 7.08. The second-order valence-corrected chi connectivity index (χ2v) is 5.26.